The summed E-state index contributed by atoms with van der Waals surface area (Å²) in [6.45, 7) is 0.335. The molecule has 0 aliphatic heterocycles. The summed E-state index contributed by atoms with van der Waals surface area (Å²) in [5, 5.41) is 7.07. The first-order valence-corrected chi connectivity index (χ1v) is 6.96. The minimum Gasteiger partial charge on any atom is -0.343 e. The molecule has 0 aliphatic rings. The fraction of sp³-hybridized carbons (Fsp3) is 0.0625. The summed E-state index contributed by atoms with van der Waals surface area (Å²) in [4.78, 5) is 19.8. The summed E-state index contributed by atoms with van der Waals surface area (Å²) in [5.41, 5.74) is 3.12. The molecule has 0 atom stereocenters. The number of pyridine rings is 1. The van der Waals surface area contributed by atoms with Gasteiger partial charge in [-0.15, -0.1) is 0 Å². The van der Waals surface area contributed by atoms with E-state index in [0.29, 0.717) is 12.2 Å². The second-order valence-corrected chi connectivity index (χ2v) is 4.98. The van der Waals surface area contributed by atoms with E-state index < -0.39 is 0 Å². The molecular weight excluding hydrogens is 278 g/mol. The van der Waals surface area contributed by atoms with Gasteiger partial charge in [0.25, 0.3) is 5.91 Å². The second kappa shape index (κ2) is 5.00. The third kappa shape index (κ3) is 2.20. The lowest BCUT2D eigenvalue weighted by atomic mass is 10.3. The van der Waals surface area contributed by atoms with Crippen molar-refractivity contribution in [3.8, 4) is 0 Å². The van der Waals surface area contributed by atoms with Gasteiger partial charge in [-0.1, -0.05) is 18.2 Å². The highest BCUT2D eigenvalue weighted by Gasteiger charge is 2.11. The zero-order valence-electron chi connectivity index (χ0n) is 11.7. The van der Waals surface area contributed by atoms with Gasteiger partial charge in [-0.05, 0) is 30.3 Å². The number of hydrogen-bond donors (Lipinski definition) is 2. The van der Waals surface area contributed by atoms with Gasteiger partial charge in [-0.3, -0.25) is 4.79 Å². The van der Waals surface area contributed by atoms with Crippen molar-refractivity contribution >= 4 is 22.5 Å². The third-order valence-corrected chi connectivity index (χ3v) is 3.46. The molecule has 108 valence electrons. The highest BCUT2D eigenvalue weighted by atomic mass is 16.1. The molecule has 1 aromatic carbocycles. The summed E-state index contributed by atoms with van der Waals surface area (Å²) < 4.78 is 1.68. The number of carbonyl (C=O) groups excluding carboxylic acids is 1. The molecule has 0 unspecified atom stereocenters. The number of nitrogens with zero attached hydrogens (tertiary/aromatic N) is 3. The minimum atomic E-state index is -0.218. The van der Waals surface area contributed by atoms with Crippen molar-refractivity contribution < 1.29 is 4.79 Å². The quantitative estimate of drug-likeness (QED) is 0.607. The Hall–Kier alpha value is -3.15. The summed E-state index contributed by atoms with van der Waals surface area (Å²) in [6, 6.07) is 15.2. The minimum absolute atomic E-state index is 0.218. The number of rotatable bonds is 3. The molecule has 4 rings (SSSR count). The molecule has 0 saturated heterocycles. The average Bonchev–Trinajstić information content (AvgIpc) is 3.15. The Morgan fingerprint density at radius 2 is 2.05 bits per heavy atom. The molecular formula is C16H13N5O. The fourth-order valence-corrected chi connectivity index (χ4v) is 2.39. The Bertz CT molecular complexity index is 903. The van der Waals surface area contributed by atoms with Crippen LogP contribution in [0.3, 0.4) is 0 Å². The number of carbonyl (C=O) groups is 1. The largest absolute Gasteiger partial charge is 0.343 e. The number of H-pyrrole nitrogens is 1. The number of benzene rings is 1. The zero-order chi connectivity index (χ0) is 14.9. The Kier molecular flexibility index (Phi) is 2.86. The summed E-state index contributed by atoms with van der Waals surface area (Å²) in [5.74, 6) is 0.502. The summed E-state index contributed by atoms with van der Waals surface area (Å²) >= 11 is 0. The van der Waals surface area contributed by atoms with Crippen LogP contribution in [0.4, 0.5) is 0 Å². The lowest BCUT2D eigenvalue weighted by molar-refractivity contribution is 0.0944. The molecule has 0 bridgehead atoms. The van der Waals surface area contributed by atoms with Gasteiger partial charge in [0.15, 0.2) is 5.69 Å². The van der Waals surface area contributed by atoms with Crippen LogP contribution in [0.5, 0.6) is 0 Å². The number of para-hydroxylation sites is 2. The van der Waals surface area contributed by atoms with Crippen LogP contribution in [-0.2, 0) is 6.54 Å². The normalized spacial score (nSPS) is 11.1. The molecule has 1 amide bonds. The van der Waals surface area contributed by atoms with E-state index in [-0.39, 0.29) is 5.91 Å². The number of aromatic amines is 1. The van der Waals surface area contributed by atoms with Gasteiger partial charge in [-0.25, -0.2) is 9.50 Å². The van der Waals surface area contributed by atoms with Crippen LogP contribution in [0.15, 0.2) is 54.7 Å². The van der Waals surface area contributed by atoms with Crippen molar-refractivity contribution in [2.24, 2.45) is 0 Å². The Morgan fingerprint density at radius 1 is 1.18 bits per heavy atom. The predicted molar refractivity (Wildman–Crippen MR) is 82.5 cm³/mol. The second-order valence-electron chi connectivity index (χ2n) is 4.98. The highest BCUT2D eigenvalue weighted by Crippen LogP contribution is 2.10. The maximum Gasteiger partial charge on any atom is 0.272 e. The topological polar surface area (TPSA) is 75.1 Å². The van der Waals surface area contributed by atoms with Crippen LogP contribution in [0.2, 0.25) is 0 Å². The van der Waals surface area contributed by atoms with E-state index in [4.69, 9.17) is 0 Å². The van der Waals surface area contributed by atoms with Crippen LogP contribution in [0.1, 0.15) is 16.3 Å². The summed E-state index contributed by atoms with van der Waals surface area (Å²) in [6.07, 6.45) is 1.81. The molecule has 6 heteroatoms. The number of amides is 1. The smallest absolute Gasteiger partial charge is 0.272 e. The maximum absolute atomic E-state index is 12.2. The lowest BCUT2D eigenvalue weighted by Crippen LogP contribution is -2.23. The molecule has 0 spiro atoms. The first-order chi connectivity index (χ1) is 10.8. The van der Waals surface area contributed by atoms with Crippen molar-refractivity contribution in [1.29, 1.82) is 0 Å². The molecule has 0 saturated carbocycles. The first-order valence-electron chi connectivity index (χ1n) is 6.96. The first kappa shape index (κ1) is 12.6. The number of fused-ring (bicyclic) bond motifs is 2. The maximum atomic E-state index is 12.2. The van der Waals surface area contributed by atoms with Crippen molar-refractivity contribution in [2.75, 3.05) is 0 Å². The molecule has 4 aromatic rings. The number of aromatic nitrogens is 4. The van der Waals surface area contributed by atoms with Crippen molar-refractivity contribution in [3.05, 3.63) is 66.2 Å². The Labute approximate surface area is 125 Å². The van der Waals surface area contributed by atoms with Crippen LogP contribution in [0, 0.1) is 0 Å². The number of hydrogen-bond acceptors (Lipinski definition) is 3. The third-order valence-electron chi connectivity index (χ3n) is 3.46. The van der Waals surface area contributed by atoms with E-state index in [2.05, 4.69) is 20.4 Å². The van der Waals surface area contributed by atoms with Crippen LogP contribution >= 0.6 is 0 Å². The van der Waals surface area contributed by atoms with E-state index in [1.807, 2.05) is 48.7 Å². The predicted octanol–water partition coefficient (Wildman–Crippen LogP) is 2.14. The molecule has 22 heavy (non-hydrogen) atoms. The van der Waals surface area contributed by atoms with Crippen molar-refractivity contribution in [1.82, 2.24) is 24.9 Å². The van der Waals surface area contributed by atoms with Gasteiger partial charge in [0.1, 0.15) is 5.82 Å². The van der Waals surface area contributed by atoms with E-state index >= 15 is 0 Å². The van der Waals surface area contributed by atoms with Gasteiger partial charge in [-0.2, -0.15) is 5.10 Å². The molecule has 0 aliphatic carbocycles. The van der Waals surface area contributed by atoms with Crippen molar-refractivity contribution in [2.45, 2.75) is 6.54 Å². The van der Waals surface area contributed by atoms with E-state index in [1.54, 1.807) is 10.6 Å². The van der Waals surface area contributed by atoms with Gasteiger partial charge in [0, 0.05) is 6.20 Å². The zero-order valence-corrected chi connectivity index (χ0v) is 11.7. The van der Waals surface area contributed by atoms with E-state index in [9.17, 15) is 4.79 Å². The molecule has 2 N–H and O–H groups in total. The van der Waals surface area contributed by atoms with Crippen LogP contribution in [0.25, 0.3) is 16.6 Å². The Morgan fingerprint density at radius 3 is 2.91 bits per heavy atom. The number of imidazole rings is 1. The van der Waals surface area contributed by atoms with Gasteiger partial charge >= 0.3 is 0 Å². The van der Waals surface area contributed by atoms with Gasteiger partial charge < -0.3 is 10.3 Å². The van der Waals surface area contributed by atoms with Gasteiger partial charge in [0.2, 0.25) is 0 Å². The molecule has 3 heterocycles. The van der Waals surface area contributed by atoms with Gasteiger partial charge in [0.05, 0.1) is 23.1 Å². The van der Waals surface area contributed by atoms with E-state index in [1.165, 1.54) is 0 Å². The van der Waals surface area contributed by atoms with E-state index in [0.717, 1.165) is 22.4 Å². The monoisotopic (exact) mass is 291 g/mol. The fourth-order valence-electron chi connectivity index (χ4n) is 2.39. The summed E-state index contributed by atoms with van der Waals surface area (Å²) in [7, 11) is 0. The van der Waals surface area contributed by atoms with Crippen LogP contribution < -0.4 is 5.32 Å². The molecule has 0 radical (unpaired) electrons. The Balaban J connectivity index is 1.51. The van der Waals surface area contributed by atoms with Crippen molar-refractivity contribution in [3.63, 3.8) is 0 Å². The lowest BCUT2D eigenvalue weighted by Gasteiger charge is -1.99. The molecule has 6 nitrogen and oxygen atoms in total. The highest BCUT2D eigenvalue weighted by molar-refractivity contribution is 5.93. The van der Waals surface area contributed by atoms with Crippen LogP contribution in [-0.4, -0.2) is 25.5 Å². The average molecular weight is 291 g/mol. The molecule has 0 fully saturated rings. The number of nitrogens with one attached hydrogen (secondary N) is 2. The molecule has 3 aromatic heterocycles. The SMILES string of the molecule is O=C(NCc1nc2ccccc2[nH]1)c1cc2ccccn2n1. The standard InChI is InChI=1S/C16H13N5O/c22-16(14-9-11-5-3-4-8-21(11)20-14)17-10-15-18-12-6-1-2-7-13(12)19-15/h1-9H,10H2,(H,17,22)(H,18,19).